The van der Waals surface area contributed by atoms with Crippen molar-refractivity contribution in [3.63, 3.8) is 0 Å². The monoisotopic (exact) mass is 241 g/mol. The molecule has 0 unspecified atom stereocenters. The van der Waals surface area contributed by atoms with Crippen LogP contribution in [0.5, 0.6) is 0 Å². The highest BCUT2D eigenvalue weighted by Crippen LogP contribution is 2.26. The second-order valence-electron chi connectivity index (χ2n) is 4.96. The van der Waals surface area contributed by atoms with E-state index in [-0.39, 0.29) is 0 Å². The minimum Gasteiger partial charge on any atom is -0.317 e. The Hall–Kier alpha value is -1.61. The van der Waals surface area contributed by atoms with Crippen LogP contribution in [0, 0.1) is 6.92 Å². The molecule has 2 aromatic rings. The van der Waals surface area contributed by atoms with E-state index in [4.69, 9.17) is 5.10 Å². The van der Waals surface area contributed by atoms with Gasteiger partial charge in [0.25, 0.3) is 0 Å². The summed E-state index contributed by atoms with van der Waals surface area (Å²) < 4.78 is 2.17. The molecule has 0 saturated carbocycles. The molecule has 3 heteroatoms. The lowest BCUT2D eigenvalue weighted by molar-refractivity contribution is 0.342. The molecule has 1 aromatic heterocycles. The molecule has 94 valence electrons. The van der Waals surface area contributed by atoms with Gasteiger partial charge in [0, 0.05) is 11.8 Å². The lowest BCUT2D eigenvalue weighted by atomic mass is 10.1. The van der Waals surface area contributed by atoms with Crippen molar-refractivity contribution in [2.75, 3.05) is 13.1 Å². The number of rotatable bonds is 2. The van der Waals surface area contributed by atoms with Gasteiger partial charge in [-0.05, 0) is 38.4 Å². The van der Waals surface area contributed by atoms with E-state index in [1.165, 1.54) is 24.0 Å². The molecule has 18 heavy (non-hydrogen) atoms. The summed E-state index contributed by atoms with van der Waals surface area (Å²) in [5.74, 6) is 0. The molecular weight excluding hydrogens is 222 g/mol. The molecule has 1 aliphatic rings. The van der Waals surface area contributed by atoms with E-state index in [0.29, 0.717) is 6.04 Å². The molecule has 1 fully saturated rings. The first-order valence-electron chi connectivity index (χ1n) is 6.66. The van der Waals surface area contributed by atoms with Crippen LogP contribution in [0.2, 0.25) is 0 Å². The molecule has 0 radical (unpaired) electrons. The van der Waals surface area contributed by atoms with Crippen LogP contribution in [-0.4, -0.2) is 22.9 Å². The van der Waals surface area contributed by atoms with Gasteiger partial charge in [0.1, 0.15) is 0 Å². The van der Waals surface area contributed by atoms with Crippen molar-refractivity contribution in [1.29, 1.82) is 0 Å². The number of hydrogen-bond donors (Lipinski definition) is 1. The van der Waals surface area contributed by atoms with Crippen LogP contribution < -0.4 is 5.32 Å². The van der Waals surface area contributed by atoms with E-state index in [2.05, 4.69) is 53.5 Å². The summed E-state index contributed by atoms with van der Waals surface area (Å²) in [6.07, 6.45) is 4.56. The van der Waals surface area contributed by atoms with Crippen molar-refractivity contribution in [3.05, 3.63) is 42.2 Å². The number of aryl methyl sites for hydroxylation is 1. The number of nitrogens with zero attached hydrogens (tertiary/aromatic N) is 2. The Bertz CT molecular complexity index is 510. The largest absolute Gasteiger partial charge is 0.317 e. The molecule has 3 nitrogen and oxygen atoms in total. The quantitative estimate of drug-likeness (QED) is 0.876. The summed E-state index contributed by atoms with van der Waals surface area (Å²) in [6.45, 7) is 4.30. The number of benzene rings is 1. The second-order valence-corrected chi connectivity index (χ2v) is 4.96. The van der Waals surface area contributed by atoms with Gasteiger partial charge < -0.3 is 5.32 Å². The highest BCUT2D eigenvalue weighted by Gasteiger charge is 2.17. The molecule has 0 atom stereocenters. The van der Waals surface area contributed by atoms with Crippen molar-refractivity contribution in [3.8, 4) is 11.1 Å². The first-order chi connectivity index (χ1) is 8.84. The maximum absolute atomic E-state index is 4.70. The Balaban J connectivity index is 1.91. The predicted molar refractivity (Wildman–Crippen MR) is 73.5 cm³/mol. The number of hydrogen-bond acceptors (Lipinski definition) is 2. The summed E-state index contributed by atoms with van der Waals surface area (Å²) in [5, 5.41) is 8.10. The van der Waals surface area contributed by atoms with Crippen LogP contribution in [0.1, 0.15) is 24.6 Å². The van der Waals surface area contributed by atoms with Gasteiger partial charge in [0.05, 0.1) is 11.7 Å². The Morgan fingerprint density at radius 1 is 1.17 bits per heavy atom. The number of piperidine rings is 1. The molecular formula is C15H19N3. The average Bonchev–Trinajstić information content (AvgIpc) is 2.83. The third-order valence-electron chi connectivity index (χ3n) is 3.68. The van der Waals surface area contributed by atoms with Crippen molar-refractivity contribution in [2.24, 2.45) is 0 Å². The van der Waals surface area contributed by atoms with Crippen LogP contribution in [0.4, 0.5) is 0 Å². The third-order valence-corrected chi connectivity index (χ3v) is 3.68. The molecule has 1 saturated heterocycles. The van der Waals surface area contributed by atoms with Gasteiger partial charge in [0.2, 0.25) is 0 Å². The molecule has 0 aliphatic carbocycles. The van der Waals surface area contributed by atoms with Gasteiger partial charge >= 0.3 is 0 Å². The topological polar surface area (TPSA) is 29.9 Å². The van der Waals surface area contributed by atoms with Crippen LogP contribution in [0.15, 0.2) is 36.5 Å². The van der Waals surface area contributed by atoms with Crippen LogP contribution >= 0.6 is 0 Å². The second kappa shape index (κ2) is 4.94. The van der Waals surface area contributed by atoms with E-state index in [9.17, 15) is 0 Å². The lowest BCUT2D eigenvalue weighted by Gasteiger charge is -2.22. The fourth-order valence-electron chi connectivity index (χ4n) is 2.64. The van der Waals surface area contributed by atoms with Gasteiger partial charge in [-0.2, -0.15) is 5.10 Å². The van der Waals surface area contributed by atoms with E-state index in [1.807, 2.05) is 0 Å². The third kappa shape index (κ3) is 2.18. The minimum atomic E-state index is 0.558. The minimum absolute atomic E-state index is 0.558. The Labute approximate surface area is 108 Å². The molecule has 0 spiro atoms. The molecule has 0 amide bonds. The highest BCUT2D eigenvalue weighted by atomic mass is 15.3. The van der Waals surface area contributed by atoms with Crippen LogP contribution in [-0.2, 0) is 0 Å². The first-order valence-corrected chi connectivity index (χ1v) is 6.66. The maximum atomic E-state index is 4.70. The van der Waals surface area contributed by atoms with Gasteiger partial charge in [-0.3, -0.25) is 4.68 Å². The first kappa shape index (κ1) is 11.5. The molecule has 0 bridgehead atoms. The lowest BCUT2D eigenvalue weighted by Crippen LogP contribution is -2.29. The fourth-order valence-corrected chi connectivity index (χ4v) is 2.64. The molecule has 2 heterocycles. The van der Waals surface area contributed by atoms with Crippen LogP contribution in [0.3, 0.4) is 0 Å². The SMILES string of the molecule is Cc1nn(C2CCNCC2)cc1-c1ccccc1. The summed E-state index contributed by atoms with van der Waals surface area (Å²) in [6, 6.07) is 11.1. The standard InChI is InChI=1S/C15H19N3/c1-12-15(13-5-3-2-4-6-13)11-18(17-12)14-7-9-16-10-8-14/h2-6,11,14,16H,7-10H2,1H3. The van der Waals surface area contributed by atoms with E-state index >= 15 is 0 Å². The zero-order valence-corrected chi connectivity index (χ0v) is 10.8. The van der Waals surface area contributed by atoms with E-state index in [0.717, 1.165) is 18.8 Å². The van der Waals surface area contributed by atoms with Crippen molar-refractivity contribution >= 4 is 0 Å². The molecule has 1 aliphatic heterocycles. The molecule has 1 aromatic carbocycles. The van der Waals surface area contributed by atoms with Crippen molar-refractivity contribution < 1.29 is 0 Å². The summed E-state index contributed by atoms with van der Waals surface area (Å²) in [7, 11) is 0. The van der Waals surface area contributed by atoms with Crippen molar-refractivity contribution in [2.45, 2.75) is 25.8 Å². The fraction of sp³-hybridized carbons (Fsp3) is 0.400. The zero-order valence-electron chi connectivity index (χ0n) is 10.8. The summed E-state index contributed by atoms with van der Waals surface area (Å²) in [4.78, 5) is 0. The Kier molecular flexibility index (Phi) is 3.15. The van der Waals surface area contributed by atoms with Crippen LogP contribution in [0.25, 0.3) is 11.1 Å². The Morgan fingerprint density at radius 3 is 2.61 bits per heavy atom. The van der Waals surface area contributed by atoms with Gasteiger partial charge in [-0.15, -0.1) is 0 Å². The Morgan fingerprint density at radius 2 is 1.89 bits per heavy atom. The normalized spacial score (nSPS) is 16.9. The average molecular weight is 241 g/mol. The predicted octanol–water partition coefficient (Wildman–Crippen LogP) is 2.78. The maximum Gasteiger partial charge on any atom is 0.0672 e. The molecule has 1 N–H and O–H groups in total. The molecule has 3 rings (SSSR count). The van der Waals surface area contributed by atoms with Gasteiger partial charge in [-0.25, -0.2) is 0 Å². The van der Waals surface area contributed by atoms with E-state index < -0.39 is 0 Å². The van der Waals surface area contributed by atoms with Crippen molar-refractivity contribution in [1.82, 2.24) is 15.1 Å². The highest BCUT2D eigenvalue weighted by molar-refractivity contribution is 5.64. The van der Waals surface area contributed by atoms with E-state index in [1.54, 1.807) is 0 Å². The summed E-state index contributed by atoms with van der Waals surface area (Å²) in [5.41, 5.74) is 3.64. The zero-order chi connectivity index (χ0) is 12.4. The number of aromatic nitrogens is 2. The number of nitrogens with one attached hydrogen (secondary N) is 1. The van der Waals surface area contributed by atoms with Gasteiger partial charge in [-0.1, -0.05) is 30.3 Å². The summed E-state index contributed by atoms with van der Waals surface area (Å²) >= 11 is 0. The smallest absolute Gasteiger partial charge is 0.0672 e. The van der Waals surface area contributed by atoms with Gasteiger partial charge in [0.15, 0.2) is 0 Å².